The lowest BCUT2D eigenvalue weighted by atomic mass is 9.85. The van der Waals surface area contributed by atoms with E-state index in [-0.39, 0.29) is 22.0 Å². The Kier molecular flexibility index (Phi) is 7.65. The Morgan fingerprint density at radius 3 is 2.32 bits per heavy atom. The van der Waals surface area contributed by atoms with E-state index >= 15 is 0 Å². The van der Waals surface area contributed by atoms with Crippen LogP contribution in [-0.4, -0.2) is 41.6 Å². The third-order valence-electron chi connectivity index (χ3n) is 5.57. The zero-order valence-electron chi connectivity index (χ0n) is 19.5. The molecule has 2 amide bonds. The zero-order valence-corrected chi connectivity index (χ0v) is 21.1. The number of benzene rings is 2. The van der Waals surface area contributed by atoms with Gasteiger partial charge in [-0.1, -0.05) is 45.8 Å². The number of piperidine rings is 1. The molecule has 5 nitrogen and oxygen atoms in total. The van der Waals surface area contributed by atoms with Crippen molar-refractivity contribution < 1.29 is 27.5 Å². The maximum absolute atomic E-state index is 13.2. The average Bonchev–Trinajstić information content (AvgIpc) is 2.72. The van der Waals surface area contributed by atoms with E-state index < -0.39 is 29.3 Å². The van der Waals surface area contributed by atoms with Crippen LogP contribution in [0.15, 0.2) is 46.9 Å². The summed E-state index contributed by atoms with van der Waals surface area (Å²) in [6, 6.07) is 10.6. The van der Waals surface area contributed by atoms with Gasteiger partial charge in [-0.15, -0.1) is 0 Å². The Hall–Kier alpha value is -2.55. The number of aryl methyl sites for hydroxylation is 1. The van der Waals surface area contributed by atoms with Gasteiger partial charge in [-0.25, -0.2) is 4.79 Å². The summed E-state index contributed by atoms with van der Waals surface area (Å²) in [6.45, 7) is 8.01. The van der Waals surface area contributed by atoms with Gasteiger partial charge in [-0.2, -0.15) is 13.2 Å². The van der Waals surface area contributed by atoms with Crippen LogP contribution in [0.4, 0.5) is 18.0 Å². The molecular weight excluding hydrogens is 513 g/mol. The molecule has 2 unspecified atom stereocenters. The zero-order chi connectivity index (χ0) is 25.3. The molecule has 0 spiro atoms. The van der Waals surface area contributed by atoms with Crippen molar-refractivity contribution in [3.8, 4) is 0 Å². The van der Waals surface area contributed by atoms with E-state index in [2.05, 4.69) is 21.2 Å². The molecule has 2 aromatic carbocycles. The van der Waals surface area contributed by atoms with Crippen molar-refractivity contribution in [2.24, 2.45) is 0 Å². The number of carbonyl (C=O) groups excluding carboxylic acids is 2. The quantitative estimate of drug-likeness (QED) is 0.497. The van der Waals surface area contributed by atoms with Crippen molar-refractivity contribution in [1.29, 1.82) is 0 Å². The van der Waals surface area contributed by atoms with Crippen LogP contribution in [0.25, 0.3) is 0 Å². The average molecular weight is 541 g/mol. The van der Waals surface area contributed by atoms with Crippen LogP contribution in [0.1, 0.15) is 60.2 Å². The predicted octanol–water partition coefficient (Wildman–Crippen LogP) is 6.30. The van der Waals surface area contributed by atoms with Crippen molar-refractivity contribution >= 4 is 27.9 Å². The first-order valence-corrected chi connectivity index (χ1v) is 11.8. The topological polar surface area (TPSA) is 58.6 Å². The molecule has 3 rings (SSSR count). The Bertz CT molecular complexity index is 1050. The van der Waals surface area contributed by atoms with Gasteiger partial charge in [0, 0.05) is 35.1 Å². The minimum atomic E-state index is -4.57. The fraction of sp³-hybridized carbons (Fsp3) is 0.440. The second kappa shape index (κ2) is 9.98. The predicted molar refractivity (Wildman–Crippen MR) is 127 cm³/mol. The highest BCUT2D eigenvalue weighted by Gasteiger charge is 2.36. The SMILES string of the molecule is Cc1ccc(C2CN(C(=O)OC(C)(C)C)CCC2NC(=O)c2cc(Br)cc(C(F)(F)F)c2)cc1. The largest absolute Gasteiger partial charge is 0.444 e. The molecule has 1 heterocycles. The van der Waals surface area contributed by atoms with Crippen LogP contribution < -0.4 is 5.32 Å². The van der Waals surface area contributed by atoms with E-state index in [9.17, 15) is 22.8 Å². The highest BCUT2D eigenvalue weighted by Crippen LogP contribution is 2.33. The molecule has 2 atom stereocenters. The number of alkyl halides is 3. The molecule has 0 saturated carbocycles. The third kappa shape index (κ3) is 6.74. The monoisotopic (exact) mass is 540 g/mol. The molecule has 9 heteroatoms. The Labute approximate surface area is 205 Å². The van der Waals surface area contributed by atoms with E-state index in [1.807, 2.05) is 31.2 Å². The lowest BCUT2D eigenvalue weighted by Gasteiger charge is -2.39. The van der Waals surface area contributed by atoms with Gasteiger partial charge in [-0.05, 0) is 57.9 Å². The summed E-state index contributed by atoms with van der Waals surface area (Å²) >= 11 is 3.06. The molecule has 1 saturated heterocycles. The number of halogens is 4. The molecule has 0 bridgehead atoms. The van der Waals surface area contributed by atoms with Gasteiger partial charge in [-0.3, -0.25) is 4.79 Å². The smallest absolute Gasteiger partial charge is 0.416 e. The van der Waals surface area contributed by atoms with Gasteiger partial charge in [0.15, 0.2) is 0 Å². The molecule has 1 fully saturated rings. The molecule has 184 valence electrons. The van der Waals surface area contributed by atoms with Crippen molar-refractivity contribution in [3.63, 3.8) is 0 Å². The van der Waals surface area contributed by atoms with Gasteiger partial charge in [0.1, 0.15) is 5.60 Å². The van der Waals surface area contributed by atoms with Gasteiger partial charge >= 0.3 is 12.3 Å². The number of likely N-dealkylation sites (tertiary alicyclic amines) is 1. The number of hydrogen-bond donors (Lipinski definition) is 1. The summed E-state index contributed by atoms with van der Waals surface area (Å²) in [5.74, 6) is -0.848. The fourth-order valence-electron chi connectivity index (χ4n) is 3.90. The summed E-state index contributed by atoms with van der Waals surface area (Å²) in [4.78, 5) is 27.3. The number of carbonyl (C=O) groups is 2. The minimum absolute atomic E-state index is 0.0843. The number of rotatable bonds is 3. The summed E-state index contributed by atoms with van der Waals surface area (Å²) in [5.41, 5.74) is 0.367. The summed E-state index contributed by atoms with van der Waals surface area (Å²) < 4.78 is 45.3. The highest BCUT2D eigenvalue weighted by molar-refractivity contribution is 9.10. The molecule has 1 aliphatic heterocycles. The Morgan fingerprint density at radius 1 is 1.09 bits per heavy atom. The molecular formula is C25H28BrF3N2O3. The first-order valence-electron chi connectivity index (χ1n) is 11.0. The second-order valence-electron chi connectivity index (χ2n) is 9.54. The lowest BCUT2D eigenvalue weighted by Crippen LogP contribution is -2.52. The van der Waals surface area contributed by atoms with Crippen LogP contribution in [0, 0.1) is 6.92 Å². The Balaban J connectivity index is 1.85. The van der Waals surface area contributed by atoms with E-state index in [0.29, 0.717) is 19.5 Å². The second-order valence-corrected chi connectivity index (χ2v) is 10.5. The lowest BCUT2D eigenvalue weighted by molar-refractivity contribution is -0.137. The van der Waals surface area contributed by atoms with Crippen LogP contribution >= 0.6 is 15.9 Å². The van der Waals surface area contributed by atoms with Gasteiger partial charge in [0.05, 0.1) is 5.56 Å². The molecule has 0 aliphatic carbocycles. The van der Waals surface area contributed by atoms with Crippen LogP contribution in [0.3, 0.4) is 0 Å². The van der Waals surface area contributed by atoms with Gasteiger partial charge in [0.2, 0.25) is 0 Å². The van der Waals surface area contributed by atoms with Crippen molar-refractivity contribution in [2.45, 2.75) is 57.9 Å². The van der Waals surface area contributed by atoms with Crippen LogP contribution in [0.2, 0.25) is 0 Å². The van der Waals surface area contributed by atoms with Gasteiger partial charge in [0.25, 0.3) is 5.91 Å². The van der Waals surface area contributed by atoms with E-state index in [0.717, 1.165) is 23.3 Å². The Morgan fingerprint density at radius 2 is 1.74 bits per heavy atom. The van der Waals surface area contributed by atoms with Crippen molar-refractivity contribution in [2.75, 3.05) is 13.1 Å². The molecule has 0 aromatic heterocycles. The standard InChI is InChI=1S/C25H28BrF3N2O3/c1-15-5-7-16(8-6-15)20-14-31(23(33)34-24(2,3)4)10-9-21(20)30-22(32)17-11-18(25(27,28)29)13-19(26)12-17/h5-8,11-13,20-21H,9-10,14H2,1-4H3,(H,30,32). The number of ether oxygens (including phenoxy) is 1. The number of amides is 2. The minimum Gasteiger partial charge on any atom is -0.444 e. The number of nitrogens with one attached hydrogen (secondary N) is 1. The normalized spacial score (nSPS) is 19.0. The van der Waals surface area contributed by atoms with Gasteiger partial charge < -0.3 is 15.0 Å². The van der Waals surface area contributed by atoms with Crippen molar-refractivity contribution in [1.82, 2.24) is 10.2 Å². The number of nitrogens with zero attached hydrogens (tertiary/aromatic N) is 1. The molecule has 34 heavy (non-hydrogen) atoms. The number of hydrogen-bond acceptors (Lipinski definition) is 3. The van der Waals surface area contributed by atoms with E-state index in [4.69, 9.17) is 4.74 Å². The highest BCUT2D eigenvalue weighted by atomic mass is 79.9. The van der Waals surface area contributed by atoms with Crippen LogP contribution in [-0.2, 0) is 10.9 Å². The summed E-state index contributed by atoms with van der Waals surface area (Å²) in [6.07, 6.45) is -4.57. The van der Waals surface area contributed by atoms with Crippen LogP contribution in [0.5, 0.6) is 0 Å². The maximum atomic E-state index is 13.2. The van der Waals surface area contributed by atoms with E-state index in [1.54, 1.807) is 25.7 Å². The van der Waals surface area contributed by atoms with E-state index in [1.165, 1.54) is 6.07 Å². The molecule has 0 radical (unpaired) electrons. The molecule has 1 N–H and O–H groups in total. The summed E-state index contributed by atoms with van der Waals surface area (Å²) in [5, 5.41) is 2.91. The first-order chi connectivity index (χ1) is 15.7. The molecule has 2 aromatic rings. The maximum Gasteiger partial charge on any atom is 0.416 e. The summed E-state index contributed by atoms with van der Waals surface area (Å²) in [7, 11) is 0. The fourth-order valence-corrected chi connectivity index (χ4v) is 4.40. The molecule has 1 aliphatic rings. The first kappa shape index (κ1) is 26.1. The van der Waals surface area contributed by atoms with Crippen molar-refractivity contribution in [3.05, 3.63) is 69.2 Å². The third-order valence-corrected chi connectivity index (χ3v) is 6.03.